The van der Waals surface area contributed by atoms with Gasteiger partial charge in [-0.15, -0.1) is 22.7 Å². The minimum Gasteiger partial charge on any atom is -0.391 e. The normalized spacial score (nSPS) is 20.5. The molecule has 130 valence electrons. The molecule has 0 aliphatic carbocycles. The number of β-amino-alcohol motifs (C(OH)–C–C–N with tert-alkyl or cyclic N) is 1. The van der Waals surface area contributed by atoms with E-state index in [2.05, 4.69) is 6.92 Å². The summed E-state index contributed by atoms with van der Waals surface area (Å²) in [4.78, 5) is 26.3. The number of hydrogen-bond donors (Lipinski definition) is 2. The van der Waals surface area contributed by atoms with E-state index in [1.807, 2.05) is 29.3 Å². The Morgan fingerprint density at radius 1 is 1.40 bits per heavy atom. The highest BCUT2D eigenvalue weighted by Gasteiger charge is 2.37. The van der Waals surface area contributed by atoms with Crippen LogP contribution < -0.4 is 10.6 Å². The van der Waals surface area contributed by atoms with Crippen LogP contribution in [-0.2, 0) is 4.79 Å². The number of aryl methyl sites for hydroxylation is 2. The van der Waals surface area contributed by atoms with Crippen molar-refractivity contribution >= 4 is 44.6 Å². The molecule has 1 aliphatic rings. The zero-order valence-corrected chi connectivity index (χ0v) is 15.5. The fourth-order valence-electron chi connectivity index (χ4n) is 3.27. The van der Waals surface area contributed by atoms with Crippen LogP contribution in [0.3, 0.4) is 0 Å². The SMILES string of the molecule is Cc1sc2nc(-c3cccs3)nc(N3C[C@H](O)C[C@H]3C(N)=O)c2c1C. The first kappa shape index (κ1) is 16.4. The van der Waals surface area contributed by atoms with Gasteiger partial charge in [-0.2, -0.15) is 0 Å². The highest BCUT2D eigenvalue weighted by atomic mass is 32.1. The predicted molar refractivity (Wildman–Crippen MR) is 101 cm³/mol. The molecule has 4 heterocycles. The molecule has 0 bridgehead atoms. The molecule has 8 heteroatoms. The number of carbonyl (C=O) groups is 1. The van der Waals surface area contributed by atoms with E-state index < -0.39 is 18.1 Å². The van der Waals surface area contributed by atoms with E-state index in [0.717, 1.165) is 20.7 Å². The van der Waals surface area contributed by atoms with Crippen LogP contribution in [0, 0.1) is 13.8 Å². The lowest BCUT2D eigenvalue weighted by Gasteiger charge is -2.24. The molecule has 1 amide bonds. The molecule has 2 atom stereocenters. The number of primary amides is 1. The van der Waals surface area contributed by atoms with Crippen molar-refractivity contribution in [1.29, 1.82) is 0 Å². The van der Waals surface area contributed by atoms with Gasteiger partial charge in [0.25, 0.3) is 0 Å². The van der Waals surface area contributed by atoms with Crippen LogP contribution in [0.4, 0.5) is 5.82 Å². The molecule has 0 unspecified atom stereocenters. The first-order valence-corrected chi connectivity index (χ1v) is 9.71. The van der Waals surface area contributed by atoms with Gasteiger partial charge in [-0.1, -0.05) is 6.07 Å². The van der Waals surface area contributed by atoms with E-state index in [1.165, 1.54) is 4.88 Å². The third-order valence-electron chi connectivity index (χ3n) is 4.63. The summed E-state index contributed by atoms with van der Waals surface area (Å²) in [6.07, 6.45) is -0.259. The highest BCUT2D eigenvalue weighted by Crippen LogP contribution is 2.39. The van der Waals surface area contributed by atoms with Crippen LogP contribution in [-0.4, -0.2) is 39.7 Å². The number of nitrogens with zero attached hydrogens (tertiary/aromatic N) is 3. The Hall–Kier alpha value is -2.03. The van der Waals surface area contributed by atoms with Crippen LogP contribution in [0.25, 0.3) is 20.9 Å². The Kier molecular flexibility index (Phi) is 3.98. The van der Waals surface area contributed by atoms with Crippen molar-refractivity contribution in [2.24, 2.45) is 5.73 Å². The third kappa shape index (κ3) is 2.70. The predicted octanol–water partition coefficient (Wildman–Crippen LogP) is 2.46. The Morgan fingerprint density at radius 3 is 2.88 bits per heavy atom. The lowest BCUT2D eigenvalue weighted by atomic mass is 10.1. The van der Waals surface area contributed by atoms with Gasteiger partial charge >= 0.3 is 0 Å². The summed E-state index contributed by atoms with van der Waals surface area (Å²) in [6, 6.07) is 3.39. The largest absolute Gasteiger partial charge is 0.391 e. The minimum atomic E-state index is -0.590. The zero-order chi connectivity index (χ0) is 17.7. The highest BCUT2D eigenvalue weighted by molar-refractivity contribution is 7.19. The molecule has 0 spiro atoms. The van der Waals surface area contributed by atoms with Gasteiger partial charge in [0, 0.05) is 17.8 Å². The average Bonchev–Trinajstić information content (AvgIpc) is 3.27. The molecule has 6 nitrogen and oxygen atoms in total. The molecule has 3 aromatic rings. The number of nitrogens with two attached hydrogens (primary N) is 1. The number of aliphatic hydroxyl groups is 1. The van der Waals surface area contributed by atoms with Crippen molar-refractivity contribution in [2.75, 3.05) is 11.4 Å². The molecular formula is C17H18N4O2S2. The van der Waals surface area contributed by atoms with Crippen LogP contribution in [0.15, 0.2) is 17.5 Å². The second-order valence-electron chi connectivity index (χ2n) is 6.27. The number of amides is 1. The van der Waals surface area contributed by atoms with Crippen LogP contribution in [0.2, 0.25) is 0 Å². The molecule has 1 aliphatic heterocycles. The van der Waals surface area contributed by atoms with Gasteiger partial charge in [-0.25, -0.2) is 9.97 Å². The molecule has 0 radical (unpaired) electrons. The first-order valence-electron chi connectivity index (χ1n) is 8.01. The van der Waals surface area contributed by atoms with Gasteiger partial charge in [-0.05, 0) is 30.9 Å². The second-order valence-corrected chi connectivity index (χ2v) is 8.42. The molecular weight excluding hydrogens is 356 g/mol. The number of aliphatic hydroxyl groups excluding tert-OH is 1. The summed E-state index contributed by atoms with van der Waals surface area (Å²) in [6.45, 7) is 4.44. The fraction of sp³-hybridized carbons (Fsp3) is 0.353. The van der Waals surface area contributed by atoms with E-state index in [-0.39, 0.29) is 0 Å². The van der Waals surface area contributed by atoms with Crippen molar-refractivity contribution in [2.45, 2.75) is 32.4 Å². The Balaban J connectivity index is 1.96. The number of aromatic nitrogens is 2. The summed E-state index contributed by atoms with van der Waals surface area (Å²) < 4.78 is 0. The van der Waals surface area contributed by atoms with Crippen LogP contribution in [0.1, 0.15) is 16.9 Å². The van der Waals surface area contributed by atoms with E-state index in [1.54, 1.807) is 22.7 Å². The molecule has 25 heavy (non-hydrogen) atoms. The number of hydrogen-bond acceptors (Lipinski definition) is 7. The van der Waals surface area contributed by atoms with Gasteiger partial charge in [0.15, 0.2) is 5.82 Å². The molecule has 0 aromatic carbocycles. The monoisotopic (exact) mass is 374 g/mol. The number of carbonyl (C=O) groups excluding carboxylic acids is 1. The van der Waals surface area contributed by atoms with Crippen molar-refractivity contribution in [3.05, 3.63) is 28.0 Å². The summed E-state index contributed by atoms with van der Waals surface area (Å²) in [7, 11) is 0. The Labute approximate surface area is 152 Å². The quantitative estimate of drug-likeness (QED) is 0.735. The van der Waals surface area contributed by atoms with Crippen LogP contribution in [0.5, 0.6) is 0 Å². The molecule has 1 fully saturated rings. The van der Waals surface area contributed by atoms with Crippen molar-refractivity contribution in [1.82, 2.24) is 9.97 Å². The summed E-state index contributed by atoms with van der Waals surface area (Å²) in [5.74, 6) is 0.893. The van der Waals surface area contributed by atoms with Crippen LogP contribution >= 0.6 is 22.7 Å². The maximum atomic E-state index is 11.9. The van der Waals surface area contributed by atoms with E-state index in [9.17, 15) is 9.90 Å². The summed E-state index contributed by atoms with van der Waals surface area (Å²) in [5.41, 5.74) is 6.69. The second kappa shape index (κ2) is 6.05. The third-order valence-corrected chi connectivity index (χ3v) is 6.60. The Morgan fingerprint density at radius 2 is 2.20 bits per heavy atom. The molecule has 3 N–H and O–H groups in total. The maximum absolute atomic E-state index is 11.9. The lowest BCUT2D eigenvalue weighted by Crippen LogP contribution is -2.41. The van der Waals surface area contributed by atoms with E-state index in [4.69, 9.17) is 15.7 Å². The number of anilines is 1. The molecule has 3 aromatic heterocycles. The topological polar surface area (TPSA) is 92.3 Å². The van der Waals surface area contributed by atoms with Gasteiger partial charge in [-0.3, -0.25) is 4.79 Å². The van der Waals surface area contributed by atoms with Crippen molar-refractivity contribution < 1.29 is 9.90 Å². The smallest absolute Gasteiger partial charge is 0.240 e. The van der Waals surface area contributed by atoms with Gasteiger partial charge in [0.05, 0.1) is 16.4 Å². The zero-order valence-electron chi connectivity index (χ0n) is 13.9. The maximum Gasteiger partial charge on any atom is 0.240 e. The summed E-state index contributed by atoms with van der Waals surface area (Å²) >= 11 is 3.20. The average molecular weight is 374 g/mol. The Bertz CT molecular complexity index is 951. The van der Waals surface area contributed by atoms with Gasteiger partial charge in [0.2, 0.25) is 5.91 Å². The van der Waals surface area contributed by atoms with E-state index in [0.29, 0.717) is 24.6 Å². The summed E-state index contributed by atoms with van der Waals surface area (Å²) in [5, 5.41) is 13.0. The number of fused-ring (bicyclic) bond motifs is 1. The van der Waals surface area contributed by atoms with Gasteiger partial charge in [0.1, 0.15) is 16.7 Å². The molecule has 0 saturated carbocycles. The lowest BCUT2D eigenvalue weighted by molar-refractivity contribution is -0.119. The fourth-order valence-corrected chi connectivity index (χ4v) is 4.95. The molecule has 4 rings (SSSR count). The number of rotatable bonds is 3. The van der Waals surface area contributed by atoms with Crippen molar-refractivity contribution in [3.8, 4) is 10.7 Å². The van der Waals surface area contributed by atoms with Gasteiger partial charge < -0.3 is 15.7 Å². The minimum absolute atomic E-state index is 0.331. The van der Waals surface area contributed by atoms with E-state index >= 15 is 0 Å². The molecule has 1 saturated heterocycles. The standard InChI is InChI=1S/C17H18N4O2S2/c1-8-9(2)25-17-13(8)16(19-15(20-17)12-4-3-5-24-12)21-7-10(22)6-11(21)14(18)23/h3-5,10-11,22H,6-7H2,1-2H3,(H2,18,23)/t10-,11+/m1/s1. The number of thiophene rings is 2. The van der Waals surface area contributed by atoms with Crippen molar-refractivity contribution in [3.63, 3.8) is 0 Å². The first-order chi connectivity index (χ1) is 12.0.